The second kappa shape index (κ2) is 5.33. The predicted molar refractivity (Wildman–Crippen MR) is 57.9 cm³/mol. The van der Waals surface area contributed by atoms with E-state index in [1.54, 1.807) is 0 Å². The van der Waals surface area contributed by atoms with Gasteiger partial charge in [-0.3, -0.25) is 0 Å². The molecule has 0 fully saturated rings. The molecule has 0 aromatic heterocycles. The molecule has 1 aromatic carbocycles. The Labute approximate surface area is 101 Å². The topological polar surface area (TPSA) is 80.7 Å². The quantitative estimate of drug-likeness (QED) is 0.831. The lowest BCUT2D eigenvalue weighted by molar-refractivity contribution is 0.0691. The van der Waals surface area contributed by atoms with E-state index in [1.807, 2.05) is 0 Å². The number of carboxylic acids is 1. The average Bonchev–Trinajstić information content (AvgIpc) is 2.24. The van der Waals surface area contributed by atoms with E-state index in [4.69, 9.17) is 20.5 Å². The van der Waals surface area contributed by atoms with Gasteiger partial charge in [-0.05, 0) is 18.2 Å². The van der Waals surface area contributed by atoms with Gasteiger partial charge in [-0.1, -0.05) is 0 Å². The Hall–Kier alpha value is -1.34. The van der Waals surface area contributed by atoms with Gasteiger partial charge in [-0.2, -0.15) is 0 Å². The van der Waals surface area contributed by atoms with E-state index in [1.165, 1.54) is 0 Å². The van der Waals surface area contributed by atoms with Crippen molar-refractivity contribution in [2.24, 2.45) is 0 Å². The van der Waals surface area contributed by atoms with Gasteiger partial charge in [0.15, 0.2) is 0 Å². The highest BCUT2D eigenvalue weighted by Gasteiger charge is 2.17. The first-order chi connectivity index (χ1) is 7.86. The fourth-order valence-electron chi connectivity index (χ4n) is 1.10. The highest BCUT2D eigenvalue weighted by Crippen LogP contribution is 2.24. The van der Waals surface area contributed by atoms with Crippen molar-refractivity contribution in [3.05, 3.63) is 23.8 Å². The summed E-state index contributed by atoms with van der Waals surface area (Å²) < 4.78 is 38.7. The number of halogens is 2. The van der Waals surface area contributed by atoms with Crippen LogP contribution in [-0.2, 0) is 9.05 Å². The molecule has 0 radical (unpaired) electrons. The second-order valence-corrected chi connectivity index (χ2v) is 5.50. The maximum absolute atomic E-state index is 11.9. The molecule has 0 amide bonds. The van der Waals surface area contributed by atoms with Crippen LogP contribution in [0.1, 0.15) is 10.4 Å². The lowest BCUT2D eigenvalue weighted by atomic mass is 10.2. The molecular formula is C9H8ClFO5S. The van der Waals surface area contributed by atoms with Crippen molar-refractivity contribution in [1.29, 1.82) is 0 Å². The first kappa shape index (κ1) is 13.7. The zero-order valence-corrected chi connectivity index (χ0v) is 9.96. The van der Waals surface area contributed by atoms with Crippen LogP contribution in [0.25, 0.3) is 0 Å². The number of rotatable bonds is 5. The van der Waals surface area contributed by atoms with E-state index in [9.17, 15) is 17.6 Å². The van der Waals surface area contributed by atoms with E-state index in [0.29, 0.717) is 0 Å². The number of benzene rings is 1. The third kappa shape index (κ3) is 3.57. The highest BCUT2D eigenvalue weighted by molar-refractivity contribution is 8.13. The van der Waals surface area contributed by atoms with E-state index < -0.39 is 21.7 Å². The Bertz CT molecular complexity index is 528. The van der Waals surface area contributed by atoms with Crippen molar-refractivity contribution in [2.45, 2.75) is 4.90 Å². The molecule has 0 atom stereocenters. The normalized spacial score (nSPS) is 11.2. The van der Waals surface area contributed by atoms with Crippen molar-refractivity contribution in [3.8, 4) is 5.75 Å². The monoisotopic (exact) mass is 282 g/mol. The number of alkyl halides is 1. The first-order valence-corrected chi connectivity index (χ1v) is 6.68. The molecule has 0 aliphatic heterocycles. The summed E-state index contributed by atoms with van der Waals surface area (Å²) in [7, 11) is 1.05. The minimum Gasteiger partial charge on any atom is -0.490 e. The molecule has 1 rings (SSSR count). The summed E-state index contributed by atoms with van der Waals surface area (Å²) >= 11 is 0. The van der Waals surface area contributed by atoms with Crippen LogP contribution in [0.4, 0.5) is 4.39 Å². The lowest BCUT2D eigenvalue weighted by Gasteiger charge is -2.08. The van der Waals surface area contributed by atoms with Crippen LogP contribution >= 0.6 is 10.7 Å². The van der Waals surface area contributed by atoms with E-state index in [0.717, 1.165) is 18.2 Å². The zero-order chi connectivity index (χ0) is 13.1. The Morgan fingerprint density at radius 3 is 2.59 bits per heavy atom. The van der Waals surface area contributed by atoms with Crippen LogP contribution in [-0.4, -0.2) is 32.8 Å². The molecule has 1 N–H and O–H groups in total. The average molecular weight is 283 g/mol. The first-order valence-electron chi connectivity index (χ1n) is 4.37. The summed E-state index contributed by atoms with van der Waals surface area (Å²) in [6.45, 7) is -1.10. The number of carboxylic acid groups (broad SMARTS) is 1. The summed E-state index contributed by atoms with van der Waals surface area (Å²) in [5.41, 5.74) is -0.389. The van der Waals surface area contributed by atoms with Crippen molar-refractivity contribution < 1.29 is 27.4 Å². The van der Waals surface area contributed by atoms with Crippen molar-refractivity contribution >= 4 is 25.7 Å². The molecule has 0 unspecified atom stereocenters. The van der Waals surface area contributed by atoms with Gasteiger partial charge in [0.2, 0.25) is 0 Å². The second-order valence-electron chi connectivity index (χ2n) is 2.94. The van der Waals surface area contributed by atoms with E-state index in [2.05, 4.69) is 0 Å². The zero-order valence-electron chi connectivity index (χ0n) is 8.39. The molecule has 0 saturated carbocycles. The summed E-state index contributed by atoms with van der Waals surface area (Å²) in [4.78, 5) is 10.5. The Balaban J connectivity index is 3.22. The van der Waals surface area contributed by atoms with Gasteiger partial charge >= 0.3 is 5.97 Å². The Morgan fingerprint density at radius 1 is 1.47 bits per heavy atom. The molecule has 8 heteroatoms. The molecule has 17 heavy (non-hydrogen) atoms. The van der Waals surface area contributed by atoms with Crippen LogP contribution in [0.2, 0.25) is 0 Å². The van der Waals surface area contributed by atoms with Gasteiger partial charge < -0.3 is 9.84 Å². The third-order valence-corrected chi connectivity index (χ3v) is 3.15. The van der Waals surface area contributed by atoms with Crippen LogP contribution in [0.15, 0.2) is 23.1 Å². The molecule has 0 heterocycles. The summed E-state index contributed by atoms with van der Waals surface area (Å²) in [6, 6.07) is 3.06. The van der Waals surface area contributed by atoms with Gasteiger partial charge in [0.25, 0.3) is 9.05 Å². The smallest absolute Gasteiger partial charge is 0.339 e. The molecule has 0 aliphatic carbocycles. The maximum atomic E-state index is 11.9. The summed E-state index contributed by atoms with van der Waals surface area (Å²) in [5.74, 6) is -1.50. The summed E-state index contributed by atoms with van der Waals surface area (Å²) in [5, 5.41) is 8.84. The predicted octanol–water partition coefficient (Wildman–Crippen LogP) is 1.66. The molecular weight excluding hydrogens is 275 g/mol. The Morgan fingerprint density at radius 2 is 2.12 bits per heavy atom. The molecule has 0 aliphatic rings. The Kier molecular flexibility index (Phi) is 4.30. The molecule has 0 saturated heterocycles. The SMILES string of the molecule is O=C(O)c1cc(S(=O)(=O)Cl)ccc1OCCF. The van der Waals surface area contributed by atoms with Gasteiger partial charge in [0, 0.05) is 10.7 Å². The third-order valence-electron chi connectivity index (χ3n) is 1.80. The van der Waals surface area contributed by atoms with E-state index in [-0.39, 0.29) is 22.8 Å². The molecule has 0 spiro atoms. The van der Waals surface area contributed by atoms with Crippen LogP contribution in [0.3, 0.4) is 0 Å². The fraction of sp³-hybridized carbons (Fsp3) is 0.222. The van der Waals surface area contributed by atoms with Crippen LogP contribution in [0, 0.1) is 0 Å². The molecule has 1 aromatic rings. The van der Waals surface area contributed by atoms with Crippen LogP contribution in [0.5, 0.6) is 5.75 Å². The summed E-state index contributed by atoms with van der Waals surface area (Å²) in [6.07, 6.45) is 0. The lowest BCUT2D eigenvalue weighted by Crippen LogP contribution is -2.06. The van der Waals surface area contributed by atoms with Crippen molar-refractivity contribution in [2.75, 3.05) is 13.3 Å². The number of carbonyl (C=O) groups is 1. The van der Waals surface area contributed by atoms with E-state index >= 15 is 0 Å². The van der Waals surface area contributed by atoms with Gasteiger partial charge in [0.05, 0.1) is 4.90 Å². The minimum absolute atomic E-state index is 0.112. The minimum atomic E-state index is -4.02. The van der Waals surface area contributed by atoms with Crippen molar-refractivity contribution in [3.63, 3.8) is 0 Å². The van der Waals surface area contributed by atoms with Gasteiger partial charge in [0.1, 0.15) is 24.6 Å². The highest BCUT2D eigenvalue weighted by atomic mass is 35.7. The molecule has 0 bridgehead atoms. The number of ether oxygens (including phenoxy) is 1. The largest absolute Gasteiger partial charge is 0.490 e. The van der Waals surface area contributed by atoms with Crippen LogP contribution < -0.4 is 4.74 Å². The number of hydrogen-bond donors (Lipinski definition) is 1. The fourth-order valence-corrected chi connectivity index (χ4v) is 1.88. The van der Waals surface area contributed by atoms with Gasteiger partial charge in [-0.25, -0.2) is 17.6 Å². The molecule has 5 nitrogen and oxygen atoms in total. The van der Waals surface area contributed by atoms with Crippen molar-refractivity contribution in [1.82, 2.24) is 0 Å². The molecule has 94 valence electrons. The maximum Gasteiger partial charge on any atom is 0.339 e. The number of hydrogen-bond acceptors (Lipinski definition) is 4. The van der Waals surface area contributed by atoms with Gasteiger partial charge in [-0.15, -0.1) is 0 Å². The number of aromatic carboxylic acids is 1. The standard InChI is InChI=1S/C9H8ClFO5S/c10-17(14,15)6-1-2-8(16-4-3-11)7(5-6)9(12)13/h1-2,5H,3-4H2,(H,12,13).